The zero-order valence-electron chi connectivity index (χ0n) is 9.10. The zero-order valence-corrected chi connectivity index (χ0v) is 9.92. The lowest BCUT2D eigenvalue weighted by Crippen LogP contribution is -2.29. The van der Waals surface area contributed by atoms with Gasteiger partial charge >= 0.3 is 0 Å². The van der Waals surface area contributed by atoms with Gasteiger partial charge in [0.15, 0.2) is 0 Å². The van der Waals surface area contributed by atoms with Gasteiger partial charge < -0.3 is 5.73 Å². The minimum atomic E-state index is -0.333. The fourth-order valence-electron chi connectivity index (χ4n) is 1.95. The number of thiophene rings is 1. The molecular formula is C14H13NS. The van der Waals surface area contributed by atoms with E-state index in [4.69, 9.17) is 5.73 Å². The van der Waals surface area contributed by atoms with E-state index in [2.05, 4.69) is 48.6 Å². The van der Waals surface area contributed by atoms with Crippen molar-refractivity contribution in [3.8, 4) is 0 Å². The lowest BCUT2D eigenvalue weighted by atomic mass is 10.0. The molecule has 1 aromatic heterocycles. The Hall–Kier alpha value is -1.38. The summed E-state index contributed by atoms with van der Waals surface area (Å²) in [5.74, 6) is 0. The van der Waals surface area contributed by atoms with Gasteiger partial charge in [-0.15, -0.1) is 11.3 Å². The molecule has 0 bridgehead atoms. The molecule has 3 rings (SSSR count). The van der Waals surface area contributed by atoms with E-state index in [1.807, 2.05) is 18.3 Å². The summed E-state index contributed by atoms with van der Waals surface area (Å²) >= 11 is 1.82. The van der Waals surface area contributed by atoms with E-state index < -0.39 is 0 Å². The van der Waals surface area contributed by atoms with Crippen LogP contribution in [0.1, 0.15) is 17.4 Å². The number of rotatable bonds is 0. The largest absolute Gasteiger partial charge is 0.319 e. The summed E-state index contributed by atoms with van der Waals surface area (Å²) in [6.45, 7) is 2.01. The number of hydrogen-bond acceptors (Lipinski definition) is 2. The van der Waals surface area contributed by atoms with Gasteiger partial charge in [0.1, 0.15) is 0 Å². The zero-order chi connectivity index (χ0) is 11.2. The average molecular weight is 227 g/mol. The summed E-state index contributed by atoms with van der Waals surface area (Å²) in [5, 5.41) is 1.32. The van der Waals surface area contributed by atoms with E-state index in [0.717, 1.165) is 0 Å². The van der Waals surface area contributed by atoms with Crippen LogP contribution < -0.4 is 5.73 Å². The third-order valence-corrected chi connectivity index (χ3v) is 4.02. The Morgan fingerprint density at radius 2 is 1.88 bits per heavy atom. The van der Waals surface area contributed by atoms with E-state index in [-0.39, 0.29) is 5.54 Å². The SMILES string of the molecule is CC1(N)C=Cc2sc3ccccc3c2C=C1. The Balaban J connectivity index is 2.30. The van der Waals surface area contributed by atoms with Crippen molar-refractivity contribution in [3.63, 3.8) is 0 Å². The summed E-state index contributed by atoms with van der Waals surface area (Å²) < 4.78 is 1.34. The Morgan fingerprint density at radius 1 is 1.12 bits per heavy atom. The highest BCUT2D eigenvalue weighted by Gasteiger charge is 2.15. The molecule has 0 saturated carbocycles. The molecule has 1 unspecified atom stereocenters. The molecule has 0 fully saturated rings. The molecule has 1 heterocycles. The van der Waals surface area contributed by atoms with E-state index in [0.29, 0.717) is 0 Å². The second-order valence-electron chi connectivity index (χ2n) is 4.41. The molecule has 80 valence electrons. The van der Waals surface area contributed by atoms with Gasteiger partial charge in [0.2, 0.25) is 0 Å². The third-order valence-electron chi connectivity index (χ3n) is 2.87. The first-order valence-electron chi connectivity index (χ1n) is 5.35. The Morgan fingerprint density at radius 3 is 2.75 bits per heavy atom. The van der Waals surface area contributed by atoms with Crippen molar-refractivity contribution in [3.05, 3.63) is 46.9 Å². The summed E-state index contributed by atoms with van der Waals surface area (Å²) in [7, 11) is 0. The Bertz CT molecular complexity index is 602. The molecule has 2 aromatic rings. The number of hydrogen-bond donors (Lipinski definition) is 1. The van der Waals surface area contributed by atoms with Gasteiger partial charge in [-0.3, -0.25) is 0 Å². The second-order valence-corrected chi connectivity index (χ2v) is 5.49. The number of nitrogens with two attached hydrogens (primary N) is 1. The number of benzene rings is 1. The second kappa shape index (κ2) is 3.30. The smallest absolute Gasteiger partial charge is 0.0503 e. The van der Waals surface area contributed by atoms with Crippen molar-refractivity contribution in [1.29, 1.82) is 0 Å². The fraction of sp³-hybridized carbons (Fsp3) is 0.143. The molecule has 2 heteroatoms. The number of fused-ring (bicyclic) bond motifs is 3. The van der Waals surface area contributed by atoms with E-state index in [1.165, 1.54) is 20.5 Å². The molecule has 1 nitrogen and oxygen atoms in total. The molecule has 0 aliphatic heterocycles. The molecule has 0 saturated heterocycles. The van der Waals surface area contributed by atoms with Gasteiger partial charge in [-0.25, -0.2) is 0 Å². The topological polar surface area (TPSA) is 26.0 Å². The first kappa shape index (κ1) is 9.82. The standard InChI is InChI=1S/C14H13NS/c1-14(15)8-6-11-10-4-2-3-5-12(10)16-13(11)7-9-14/h2-9H,15H2,1H3. The minimum absolute atomic E-state index is 0.333. The van der Waals surface area contributed by atoms with Gasteiger partial charge in [-0.2, -0.15) is 0 Å². The van der Waals surface area contributed by atoms with Gasteiger partial charge in [-0.1, -0.05) is 36.4 Å². The van der Waals surface area contributed by atoms with Crippen molar-refractivity contribution < 1.29 is 0 Å². The molecule has 1 aliphatic carbocycles. The van der Waals surface area contributed by atoms with Crippen LogP contribution in [0, 0.1) is 0 Å². The molecule has 1 atom stereocenters. The van der Waals surface area contributed by atoms with Crippen LogP contribution in [0.2, 0.25) is 0 Å². The molecule has 0 spiro atoms. The lowest BCUT2D eigenvalue weighted by Gasteiger charge is -2.12. The quantitative estimate of drug-likeness (QED) is 0.730. The highest BCUT2D eigenvalue weighted by atomic mass is 32.1. The van der Waals surface area contributed by atoms with Crippen molar-refractivity contribution in [2.75, 3.05) is 0 Å². The summed E-state index contributed by atoms with van der Waals surface area (Å²) in [5.41, 5.74) is 7.06. The fourth-order valence-corrected chi connectivity index (χ4v) is 3.05. The first-order chi connectivity index (χ1) is 7.66. The van der Waals surface area contributed by atoms with E-state index >= 15 is 0 Å². The van der Waals surface area contributed by atoms with Crippen LogP contribution in [0.5, 0.6) is 0 Å². The molecule has 0 radical (unpaired) electrons. The van der Waals surface area contributed by atoms with Crippen LogP contribution in [-0.4, -0.2) is 5.54 Å². The Labute approximate surface area is 98.9 Å². The monoisotopic (exact) mass is 227 g/mol. The predicted octanol–water partition coefficient (Wildman–Crippen LogP) is 3.66. The van der Waals surface area contributed by atoms with Crippen LogP contribution in [0.25, 0.3) is 22.2 Å². The van der Waals surface area contributed by atoms with E-state index in [9.17, 15) is 0 Å². The van der Waals surface area contributed by atoms with Crippen molar-refractivity contribution in [2.24, 2.45) is 5.73 Å². The first-order valence-corrected chi connectivity index (χ1v) is 6.16. The third kappa shape index (κ3) is 1.51. The van der Waals surface area contributed by atoms with Crippen LogP contribution in [0.4, 0.5) is 0 Å². The van der Waals surface area contributed by atoms with Crippen molar-refractivity contribution in [1.82, 2.24) is 0 Å². The molecule has 16 heavy (non-hydrogen) atoms. The van der Waals surface area contributed by atoms with Gasteiger partial charge in [0, 0.05) is 20.5 Å². The van der Waals surface area contributed by atoms with Crippen LogP contribution in [0.15, 0.2) is 36.4 Å². The van der Waals surface area contributed by atoms with Gasteiger partial charge in [0.05, 0.1) is 5.54 Å². The van der Waals surface area contributed by atoms with Crippen LogP contribution in [-0.2, 0) is 0 Å². The van der Waals surface area contributed by atoms with Crippen molar-refractivity contribution >= 4 is 33.6 Å². The predicted molar refractivity (Wildman–Crippen MR) is 72.5 cm³/mol. The van der Waals surface area contributed by atoms with Gasteiger partial charge in [0.25, 0.3) is 0 Å². The minimum Gasteiger partial charge on any atom is -0.319 e. The van der Waals surface area contributed by atoms with E-state index in [1.54, 1.807) is 0 Å². The normalized spacial score (nSPS) is 23.4. The summed E-state index contributed by atoms with van der Waals surface area (Å²) in [6.07, 6.45) is 8.41. The lowest BCUT2D eigenvalue weighted by molar-refractivity contribution is 0.743. The maximum absolute atomic E-state index is 6.09. The maximum atomic E-state index is 6.09. The average Bonchev–Trinajstić information content (AvgIpc) is 2.54. The molecule has 2 N–H and O–H groups in total. The molecular weight excluding hydrogens is 214 g/mol. The maximum Gasteiger partial charge on any atom is 0.0503 e. The Kier molecular flexibility index (Phi) is 2.03. The molecule has 1 aliphatic rings. The highest BCUT2D eigenvalue weighted by Crippen LogP contribution is 2.35. The highest BCUT2D eigenvalue weighted by molar-refractivity contribution is 7.20. The molecule has 0 amide bonds. The summed E-state index contributed by atoms with van der Waals surface area (Å²) in [4.78, 5) is 1.30. The van der Waals surface area contributed by atoms with Crippen molar-refractivity contribution in [2.45, 2.75) is 12.5 Å². The summed E-state index contributed by atoms with van der Waals surface area (Å²) in [6, 6.07) is 8.50. The van der Waals surface area contributed by atoms with Crippen LogP contribution >= 0.6 is 11.3 Å². The molecule has 1 aromatic carbocycles. The van der Waals surface area contributed by atoms with Crippen LogP contribution in [0.3, 0.4) is 0 Å². The van der Waals surface area contributed by atoms with Gasteiger partial charge in [-0.05, 0) is 19.1 Å².